The Balaban J connectivity index is 0. The zero-order valence-corrected chi connectivity index (χ0v) is 14.0. The van der Waals surface area contributed by atoms with Crippen molar-refractivity contribution < 1.29 is 0 Å². The van der Waals surface area contributed by atoms with Crippen LogP contribution in [-0.4, -0.2) is 37.2 Å². The van der Waals surface area contributed by atoms with Gasteiger partial charge in [-0.15, -0.1) is 0 Å². The van der Waals surface area contributed by atoms with Crippen molar-refractivity contribution in [1.29, 1.82) is 0 Å². The van der Waals surface area contributed by atoms with Crippen molar-refractivity contribution in [2.75, 3.05) is 0 Å². The van der Waals surface area contributed by atoms with Crippen LogP contribution in [0.5, 0.6) is 0 Å². The number of hydrogen-bond acceptors (Lipinski definition) is 0. The Kier molecular flexibility index (Phi) is 15.3. The first kappa shape index (κ1) is 19.5. The third-order valence-electron chi connectivity index (χ3n) is 3.52. The molecule has 2 heteroatoms. The van der Waals surface area contributed by atoms with Crippen LogP contribution in [0.25, 0.3) is 0 Å². The van der Waals surface area contributed by atoms with E-state index < -0.39 is 18.4 Å². The molecule has 0 aromatic rings. The standard InChI is InChI=1S/3C4H9.C2H3.Li.Sn.H/c3*1-3-4-2;1-2;;;/h3*1,3-4H2,2H3;1H,2H2;;;. The second-order valence-electron chi connectivity index (χ2n) is 4.88. The summed E-state index contributed by atoms with van der Waals surface area (Å²) in [6.45, 7) is 11.1. The van der Waals surface area contributed by atoms with E-state index in [9.17, 15) is 0 Å². The van der Waals surface area contributed by atoms with Crippen molar-refractivity contribution in [2.45, 2.75) is 72.6 Å². The molecule has 0 atom stereocenters. The van der Waals surface area contributed by atoms with Gasteiger partial charge in [-0.1, -0.05) is 0 Å². The Bertz CT molecular complexity index is 135. The molecular formula is C14H31LiSn. The Morgan fingerprint density at radius 1 is 0.812 bits per heavy atom. The maximum atomic E-state index is 4.19. The molecule has 0 amide bonds. The summed E-state index contributed by atoms with van der Waals surface area (Å²) < 4.78 is 7.16. The molecule has 0 bridgehead atoms. The van der Waals surface area contributed by atoms with E-state index in [2.05, 4.69) is 31.4 Å². The third-order valence-corrected chi connectivity index (χ3v) is 17.5. The fourth-order valence-corrected chi connectivity index (χ4v) is 15.2. The molecule has 16 heavy (non-hydrogen) atoms. The van der Waals surface area contributed by atoms with Crippen molar-refractivity contribution in [3.05, 3.63) is 10.7 Å². The molecule has 0 aliphatic carbocycles. The Morgan fingerprint density at radius 2 is 1.12 bits per heavy atom. The van der Waals surface area contributed by atoms with Crippen LogP contribution in [0.4, 0.5) is 0 Å². The summed E-state index contributed by atoms with van der Waals surface area (Å²) in [5.74, 6) is 0. The van der Waals surface area contributed by atoms with Gasteiger partial charge < -0.3 is 0 Å². The first-order valence-corrected chi connectivity index (χ1v) is 14.6. The van der Waals surface area contributed by atoms with Gasteiger partial charge in [0, 0.05) is 0 Å². The van der Waals surface area contributed by atoms with Gasteiger partial charge in [0.25, 0.3) is 0 Å². The fourth-order valence-electron chi connectivity index (χ4n) is 2.27. The molecule has 0 saturated carbocycles. The van der Waals surface area contributed by atoms with Gasteiger partial charge in [0.05, 0.1) is 0 Å². The molecule has 0 saturated heterocycles. The van der Waals surface area contributed by atoms with Crippen molar-refractivity contribution in [3.8, 4) is 0 Å². The molecule has 0 N–H and O–H groups in total. The summed E-state index contributed by atoms with van der Waals surface area (Å²) in [5, 5.41) is 0. The van der Waals surface area contributed by atoms with Crippen LogP contribution < -0.4 is 0 Å². The van der Waals surface area contributed by atoms with Crippen molar-refractivity contribution in [2.24, 2.45) is 0 Å². The van der Waals surface area contributed by atoms with Gasteiger partial charge in [-0.2, -0.15) is 0 Å². The van der Waals surface area contributed by atoms with Crippen LogP contribution in [-0.2, 0) is 0 Å². The Labute approximate surface area is 120 Å². The second kappa shape index (κ2) is 12.6. The molecule has 0 radical (unpaired) electrons. The van der Waals surface area contributed by atoms with Crippen LogP contribution in [0.3, 0.4) is 0 Å². The molecule has 0 rings (SSSR count). The topological polar surface area (TPSA) is 0 Å². The molecule has 0 aromatic carbocycles. The Hall–Kier alpha value is 1.14. The van der Waals surface area contributed by atoms with E-state index in [1.165, 1.54) is 38.5 Å². The summed E-state index contributed by atoms with van der Waals surface area (Å²) in [5.41, 5.74) is 0. The van der Waals surface area contributed by atoms with E-state index in [1.807, 2.05) is 0 Å². The average molecular weight is 325 g/mol. The minimum atomic E-state index is -1.85. The quantitative estimate of drug-likeness (QED) is 0.501. The number of rotatable bonds is 10. The van der Waals surface area contributed by atoms with Crippen molar-refractivity contribution in [1.82, 2.24) is 0 Å². The van der Waals surface area contributed by atoms with Gasteiger partial charge in [-0.25, -0.2) is 0 Å². The van der Waals surface area contributed by atoms with Gasteiger partial charge in [-0.05, 0) is 0 Å². The number of hydrogen-bond donors (Lipinski definition) is 0. The molecule has 0 fully saturated rings. The van der Waals surface area contributed by atoms with Crippen LogP contribution >= 0.6 is 0 Å². The van der Waals surface area contributed by atoms with Crippen LogP contribution in [0, 0.1) is 0 Å². The predicted octanol–water partition coefficient (Wildman–Crippen LogP) is 4.91. The SMILES string of the molecule is C=[CH][Sn]([CH2]CCC)([CH2]CCC)[CH2]CCC.[LiH]. The molecule has 0 heterocycles. The average Bonchev–Trinajstić information content (AvgIpc) is 2.29. The van der Waals surface area contributed by atoms with Crippen molar-refractivity contribution in [3.63, 3.8) is 0 Å². The third kappa shape index (κ3) is 8.26. The van der Waals surface area contributed by atoms with Gasteiger partial charge in [0.2, 0.25) is 0 Å². The van der Waals surface area contributed by atoms with Crippen LogP contribution in [0.15, 0.2) is 10.7 Å². The fraction of sp³-hybridized carbons (Fsp3) is 0.857. The molecule has 0 spiro atoms. The van der Waals surface area contributed by atoms with E-state index in [4.69, 9.17) is 0 Å². The zero-order valence-electron chi connectivity index (χ0n) is 11.1. The first-order chi connectivity index (χ1) is 7.24. The summed E-state index contributed by atoms with van der Waals surface area (Å²) in [4.78, 5) is 0. The first-order valence-electron chi connectivity index (χ1n) is 6.88. The molecule has 0 aromatic heterocycles. The van der Waals surface area contributed by atoms with Crippen LogP contribution in [0.2, 0.25) is 13.3 Å². The van der Waals surface area contributed by atoms with Crippen LogP contribution in [0.1, 0.15) is 59.3 Å². The van der Waals surface area contributed by atoms with Gasteiger partial charge in [-0.3, -0.25) is 0 Å². The second-order valence-corrected chi connectivity index (χ2v) is 18.1. The molecule has 0 nitrogen and oxygen atoms in total. The predicted molar refractivity (Wildman–Crippen MR) is 82.2 cm³/mol. The molecule has 0 aliphatic heterocycles. The van der Waals surface area contributed by atoms with Gasteiger partial charge in [0.1, 0.15) is 0 Å². The van der Waals surface area contributed by atoms with E-state index >= 15 is 0 Å². The van der Waals surface area contributed by atoms with Gasteiger partial charge >= 0.3 is 121 Å². The summed E-state index contributed by atoms with van der Waals surface area (Å²) in [6.07, 6.45) is 8.46. The molecule has 92 valence electrons. The zero-order chi connectivity index (χ0) is 11.6. The van der Waals surface area contributed by atoms with Crippen molar-refractivity contribution >= 4 is 37.2 Å². The molecular weight excluding hydrogens is 294 g/mol. The van der Waals surface area contributed by atoms with E-state index in [1.54, 1.807) is 13.3 Å². The monoisotopic (exact) mass is 326 g/mol. The summed E-state index contributed by atoms with van der Waals surface area (Å²) >= 11 is -1.85. The van der Waals surface area contributed by atoms with E-state index in [0.29, 0.717) is 0 Å². The van der Waals surface area contributed by atoms with E-state index in [0.717, 1.165) is 0 Å². The minimum absolute atomic E-state index is 0. The Morgan fingerprint density at radius 3 is 1.31 bits per heavy atom. The van der Waals surface area contributed by atoms with Gasteiger partial charge in [0.15, 0.2) is 0 Å². The summed E-state index contributed by atoms with van der Waals surface area (Å²) in [7, 11) is 0. The normalized spacial score (nSPS) is 10.9. The number of unbranched alkanes of at least 4 members (excludes halogenated alkanes) is 3. The van der Waals surface area contributed by atoms with E-state index in [-0.39, 0.29) is 18.9 Å². The molecule has 0 aliphatic rings. The summed E-state index contributed by atoms with van der Waals surface area (Å²) in [6, 6.07) is 0. The molecule has 0 unspecified atom stereocenters. The maximum absolute atomic E-state index is 4.19.